The molecule has 0 fully saturated rings. The van der Waals surface area contributed by atoms with Crippen molar-refractivity contribution in [2.75, 3.05) is 13.7 Å². The molecule has 0 aromatic heterocycles. The van der Waals surface area contributed by atoms with E-state index in [0.29, 0.717) is 17.1 Å². The van der Waals surface area contributed by atoms with Gasteiger partial charge >= 0.3 is 0 Å². The van der Waals surface area contributed by atoms with Crippen molar-refractivity contribution in [2.45, 2.75) is 13.0 Å². The Morgan fingerprint density at radius 1 is 1.16 bits per heavy atom. The van der Waals surface area contributed by atoms with Crippen LogP contribution in [0.3, 0.4) is 0 Å². The van der Waals surface area contributed by atoms with Crippen LogP contribution in [0.1, 0.15) is 28.9 Å². The Morgan fingerprint density at radius 3 is 2.48 bits per heavy atom. The first-order chi connectivity index (χ1) is 12.0. The molecule has 1 aliphatic rings. The van der Waals surface area contributed by atoms with Gasteiger partial charge in [0.2, 0.25) is 0 Å². The lowest BCUT2D eigenvalue weighted by Gasteiger charge is -2.31. The second kappa shape index (κ2) is 6.84. The number of primary amides is 1. The number of nitrogens with two attached hydrogens (primary N) is 1. The summed E-state index contributed by atoms with van der Waals surface area (Å²) in [6.45, 7) is 1.59. The topological polar surface area (TPSA) is 87.8 Å². The van der Waals surface area contributed by atoms with Gasteiger partial charge in [0.1, 0.15) is 23.4 Å². The molecule has 0 saturated carbocycles. The average Bonchev–Trinajstić information content (AvgIpc) is 2.63. The van der Waals surface area contributed by atoms with Crippen molar-refractivity contribution in [3.63, 3.8) is 0 Å². The summed E-state index contributed by atoms with van der Waals surface area (Å²) in [5.74, 6) is 0.683. The van der Waals surface area contributed by atoms with Gasteiger partial charge in [-0.05, 0) is 35.9 Å². The molecule has 0 aliphatic carbocycles. The molecule has 6 heteroatoms. The second-order valence-corrected chi connectivity index (χ2v) is 5.88. The van der Waals surface area contributed by atoms with Crippen LogP contribution in [0.4, 0.5) is 0 Å². The summed E-state index contributed by atoms with van der Waals surface area (Å²) < 4.78 is 16.5. The molecule has 2 unspecified atom stereocenters. The number of benzene rings is 2. The fraction of sp³-hybridized carbons (Fsp3) is 0.263. The summed E-state index contributed by atoms with van der Waals surface area (Å²) >= 11 is 0. The molecule has 0 spiro atoms. The zero-order chi connectivity index (χ0) is 18.0. The summed E-state index contributed by atoms with van der Waals surface area (Å²) in [7, 11) is 1.60. The van der Waals surface area contributed by atoms with E-state index in [4.69, 9.17) is 19.9 Å². The third-order valence-corrected chi connectivity index (χ3v) is 4.16. The summed E-state index contributed by atoms with van der Waals surface area (Å²) in [6, 6.07) is 12.4. The number of hydrogen-bond acceptors (Lipinski definition) is 5. The van der Waals surface area contributed by atoms with Gasteiger partial charge in [-0.3, -0.25) is 9.59 Å². The maximum atomic E-state index is 12.8. The number of carbonyl (C=O) groups is 2. The monoisotopic (exact) mass is 341 g/mol. The van der Waals surface area contributed by atoms with Crippen molar-refractivity contribution in [1.29, 1.82) is 0 Å². The van der Waals surface area contributed by atoms with Crippen molar-refractivity contribution in [1.82, 2.24) is 0 Å². The quantitative estimate of drug-likeness (QED) is 0.903. The number of fused-ring (bicyclic) bond motifs is 1. The van der Waals surface area contributed by atoms with E-state index >= 15 is 0 Å². The predicted molar refractivity (Wildman–Crippen MR) is 91.0 cm³/mol. The molecule has 0 radical (unpaired) electrons. The van der Waals surface area contributed by atoms with Gasteiger partial charge in [-0.25, -0.2) is 0 Å². The Balaban J connectivity index is 1.86. The summed E-state index contributed by atoms with van der Waals surface area (Å²) in [6.07, 6.45) is -0.372. The molecule has 130 valence electrons. The van der Waals surface area contributed by atoms with E-state index in [0.717, 1.165) is 11.3 Å². The minimum absolute atomic E-state index is 0.0356. The fourth-order valence-corrected chi connectivity index (χ4v) is 2.82. The maximum absolute atomic E-state index is 12.8. The van der Waals surface area contributed by atoms with Crippen LogP contribution in [-0.4, -0.2) is 25.4 Å². The highest BCUT2D eigenvalue weighted by Crippen LogP contribution is 2.40. The number of ether oxygens (including phenoxy) is 3. The third-order valence-electron chi connectivity index (χ3n) is 4.16. The number of hydrogen-bond donors (Lipinski definition) is 1. The van der Waals surface area contributed by atoms with Crippen LogP contribution in [0.15, 0.2) is 42.5 Å². The van der Waals surface area contributed by atoms with E-state index in [1.807, 2.05) is 31.2 Å². The van der Waals surface area contributed by atoms with Crippen molar-refractivity contribution in [3.8, 4) is 17.2 Å². The molecule has 1 aliphatic heterocycles. The number of methoxy groups -OCH3 is 1. The number of rotatable bonds is 5. The van der Waals surface area contributed by atoms with Gasteiger partial charge in [-0.1, -0.05) is 19.1 Å². The molecule has 2 N–H and O–H groups in total. The first-order valence-corrected chi connectivity index (χ1v) is 7.89. The van der Waals surface area contributed by atoms with Crippen molar-refractivity contribution >= 4 is 11.7 Å². The molecule has 2 aromatic rings. The molecule has 2 aromatic carbocycles. The van der Waals surface area contributed by atoms with Crippen LogP contribution >= 0.6 is 0 Å². The van der Waals surface area contributed by atoms with Gasteiger partial charge in [0, 0.05) is 0 Å². The van der Waals surface area contributed by atoms with E-state index < -0.39 is 5.91 Å². The molecule has 25 heavy (non-hydrogen) atoms. The number of ketones is 1. The van der Waals surface area contributed by atoms with Crippen LogP contribution in [0.5, 0.6) is 17.2 Å². The van der Waals surface area contributed by atoms with Crippen molar-refractivity contribution in [3.05, 3.63) is 53.6 Å². The average molecular weight is 341 g/mol. The molecular weight excluding hydrogens is 322 g/mol. The van der Waals surface area contributed by atoms with Crippen LogP contribution in [0, 0.1) is 5.92 Å². The van der Waals surface area contributed by atoms with E-state index in [9.17, 15) is 9.59 Å². The smallest absolute Gasteiger partial charge is 0.255 e. The van der Waals surface area contributed by atoms with Crippen molar-refractivity contribution in [2.24, 2.45) is 11.7 Å². The summed E-state index contributed by atoms with van der Waals surface area (Å²) in [5, 5.41) is 0. The first-order valence-electron chi connectivity index (χ1n) is 7.89. The van der Waals surface area contributed by atoms with E-state index in [1.54, 1.807) is 25.3 Å². The van der Waals surface area contributed by atoms with Gasteiger partial charge in [0.15, 0.2) is 12.4 Å². The molecule has 0 saturated heterocycles. The van der Waals surface area contributed by atoms with Crippen LogP contribution in [0.25, 0.3) is 0 Å². The Bertz CT molecular complexity index is 800. The summed E-state index contributed by atoms with van der Waals surface area (Å²) in [5.41, 5.74) is 6.41. The van der Waals surface area contributed by atoms with Crippen LogP contribution in [0.2, 0.25) is 0 Å². The zero-order valence-corrected chi connectivity index (χ0v) is 14.0. The Kier molecular flexibility index (Phi) is 4.61. The van der Waals surface area contributed by atoms with E-state index in [-0.39, 0.29) is 24.4 Å². The Morgan fingerprint density at radius 2 is 1.84 bits per heavy atom. The number of amides is 1. The fourth-order valence-electron chi connectivity index (χ4n) is 2.82. The highest BCUT2D eigenvalue weighted by molar-refractivity contribution is 6.01. The van der Waals surface area contributed by atoms with Crippen LogP contribution < -0.4 is 19.9 Å². The molecule has 1 amide bonds. The summed E-state index contributed by atoms with van der Waals surface area (Å²) in [4.78, 5) is 23.6. The SMILES string of the molecule is COc1ccc(C2Oc3ccc(OCC(N)=O)cc3C(=O)C2C)cc1. The minimum Gasteiger partial charge on any atom is -0.497 e. The standard InChI is InChI=1S/C19H19NO5/c1-11-18(22)15-9-14(24-10-17(20)21)7-8-16(15)25-19(11)12-3-5-13(23-2)6-4-12/h3-9,11,19H,10H2,1-2H3,(H2,20,21). The first kappa shape index (κ1) is 16.8. The third kappa shape index (κ3) is 3.42. The van der Waals surface area contributed by atoms with Gasteiger partial charge in [0.05, 0.1) is 18.6 Å². The number of Topliss-reactive ketones (excluding diaryl/α,β-unsaturated/α-hetero) is 1. The highest BCUT2D eigenvalue weighted by Gasteiger charge is 2.35. The molecule has 1 heterocycles. The lowest BCUT2D eigenvalue weighted by molar-refractivity contribution is -0.119. The maximum Gasteiger partial charge on any atom is 0.255 e. The highest BCUT2D eigenvalue weighted by atomic mass is 16.5. The zero-order valence-electron chi connectivity index (χ0n) is 14.0. The minimum atomic E-state index is -0.576. The van der Waals surface area contributed by atoms with Crippen molar-refractivity contribution < 1.29 is 23.8 Å². The molecular formula is C19H19NO5. The van der Waals surface area contributed by atoms with Gasteiger partial charge in [0.25, 0.3) is 5.91 Å². The second-order valence-electron chi connectivity index (χ2n) is 5.88. The molecule has 6 nitrogen and oxygen atoms in total. The predicted octanol–water partition coefficient (Wildman–Crippen LogP) is 2.51. The molecule has 0 bridgehead atoms. The number of carbonyl (C=O) groups excluding carboxylic acids is 2. The molecule has 2 atom stereocenters. The lowest BCUT2D eigenvalue weighted by Crippen LogP contribution is -2.29. The Labute approximate surface area is 145 Å². The normalized spacial score (nSPS) is 18.9. The van der Waals surface area contributed by atoms with Gasteiger partial charge in [-0.15, -0.1) is 0 Å². The van der Waals surface area contributed by atoms with E-state index in [1.165, 1.54) is 0 Å². The van der Waals surface area contributed by atoms with Crippen LogP contribution in [-0.2, 0) is 4.79 Å². The Hall–Kier alpha value is -3.02. The van der Waals surface area contributed by atoms with Gasteiger partial charge < -0.3 is 19.9 Å². The largest absolute Gasteiger partial charge is 0.497 e. The van der Waals surface area contributed by atoms with E-state index in [2.05, 4.69) is 0 Å². The molecule has 3 rings (SSSR count). The van der Waals surface area contributed by atoms with Gasteiger partial charge in [-0.2, -0.15) is 0 Å². The lowest BCUT2D eigenvalue weighted by atomic mass is 9.87.